The third-order valence-corrected chi connectivity index (χ3v) is 5.81. The van der Waals surface area contributed by atoms with Crippen molar-refractivity contribution in [2.45, 2.75) is 32.8 Å². The molecular weight excluding hydrogens is 423 g/mol. The molecule has 0 spiro atoms. The maximum absolute atomic E-state index is 12.8. The van der Waals surface area contributed by atoms with E-state index in [9.17, 15) is 9.59 Å². The van der Waals surface area contributed by atoms with Gasteiger partial charge in [0, 0.05) is 31.2 Å². The second-order valence-electron chi connectivity index (χ2n) is 7.73. The minimum Gasteiger partial charge on any atom is -0.481 e. The fourth-order valence-electron chi connectivity index (χ4n) is 3.40. The van der Waals surface area contributed by atoms with E-state index < -0.39 is 6.10 Å². The Kier molecular flexibility index (Phi) is 7.27. The Morgan fingerprint density at radius 2 is 1.50 bits per heavy atom. The molecule has 0 saturated carbocycles. The fraction of sp³-hybridized carbons (Fsp3) is 0.391. The van der Waals surface area contributed by atoms with Gasteiger partial charge in [-0.2, -0.15) is 0 Å². The Morgan fingerprint density at radius 1 is 0.900 bits per heavy atom. The zero-order valence-corrected chi connectivity index (χ0v) is 18.9. The summed E-state index contributed by atoms with van der Waals surface area (Å²) in [5, 5.41) is 0.831. The molecule has 1 fully saturated rings. The first-order valence-corrected chi connectivity index (χ1v) is 10.8. The molecule has 1 atom stereocenters. The van der Waals surface area contributed by atoms with Gasteiger partial charge < -0.3 is 14.5 Å². The first-order valence-electron chi connectivity index (χ1n) is 10.1. The first kappa shape index (κ1) is 22.4. The van der Waals surface area contributed by atoms with Crippen LogP contribution in [0.5, 0.6) is 5.75 Å². The van der Waals surface area contributed by atoms with Crippen LogP contribution in [-0.4, -0.2) is 53.9 Å². The molecule has 2 amide bonds. The van der Waals surface area contributed by atoms with Crippen LogP contribution in [-0.2, 0) is 4.79 Å². The molecule has 2 aromatic carbocycles. The highest BCUT2D eigenvalue weighted by Gasteiger charge is 2.29. The van der Waals surface area contributed by atoms with Crippen molar-refractivity contribution >= 4 is 35.0 Å². The van der Waals surface area contributed by atoms with E-state index >= 15 is 0 Å². The molecule has 1 saturated heterocycles. The summed E-state index contributed by atoms with van der Waals surface area (Å²) in [6.45, 7) is 7.78. The molecule has 160 valence electrons. The smallest absolute Gasteiger partial charge is 0.263 e. The molecule has 0 N–H and O–H groups in total. The summed E-state index contributed by atoms with van der Waals surface area (Å²) in [5.74, 6) is 0.850. The highest BCUT2D eigenvalue weighted by Crippen LogP contribution is 2.23. The number of carbonyl (C=O) groups is 2. The van der Waals surface area contributed by atoms with Crippen molar-refractivity contribution in [1.29, 1.82) is 0 Å². The minimum atomic E-state index is -0.598. The molecule has 2 aromatic rings. The monoisotopic (exact) mass is 448 g/mol. The Bertz CT molecular complexity index is 907. The Hall–Kier alpha value is -2.24. The molecule has 5 nitrogen and oxygen atoms in total. The molecule has 0 aromatic heterocycles. The summed E-state index contributed by atoms with van der Waals surface area (Å²) in [5.41, 5.74) is 1.60. The highest BCUT2D eigenvalue weighted by atomic mass is 35.5. The maximum Gasteiger partial charge on any atom is 0.263 e. The van der Waals surface area contributed by atoms with Gasteiger partial charge in [-0.05, 0) is 48.7 Å². The van der Waals surface area contributed by atoms with Crippen molar-refractivity contribution < 1.29 is 14.3 Å². The summed E-state index contributed by atoms with van der Waals surface area (Å²) in [4.78, 5) is 29.0. The van der Waals surface area contributed by atoms with E-state index in [1.54, 1.807) is 34.9 Å². The zero-order chi connectivity index (χ0) is 21.8. The van der Waals surface area contributed by atoms with Gasteiger partial charge in [0.2, 0.25) is 0 Å². The minimum absolute atomic E-state index is 0.0872. The SMILES string of the molecule is CC(Oc1ccc(C(C)C)cc1)C(=O)N1CCN(C(=O)c2cc(Cl)ccc2Cl)CC1. The molecule has 1 heterocycles. The van der Waals surface area contributed by atoms with Gasteiger partial charge in [-0.1, -0.05) is 49.2 Å². The van der Waals surface area contributed by atoms with Gasteiger partial charge in [0.15, 0.2) is 6.10 Å². The maximum atomic E-state index is 12.8. The summed E-state index contributed by atoms with van der Waals surface area (Å²) in [6.07, 6.45) is -0.598. The number of carbonyl (C=O) groups excluding carboxylic acids is 2. The van der Waals surface area contributed by atoms with Crippen molar-refractivity contribution in [2.75, 3.05) is 26.2 Å². The topological polar surface area (TPSA) is 49.9 Å². The lowest BCUT2D eigenvalue weighted by molar-refractivity contribution is -0.139. The van der Waals surface area contributed by atoms with Gasteiger partial charge in [-0.25, -0.2) is 0 Å². The highest BCUT2D eigenvalue weighted by molar-refractivity contribution is 6.35. The van der Waals surface area contributed by atoms with Gasteiger partial charge in [0.05, 0.1) is 10.6 Å². The number of benzene rings is 2. The van der Waals surface area contributed by atoms with Crippen LogP contribution in [0.1, 0.15) is 42.6 Å². The van der Waals surface area contributed by atoms with Gasteiger partial charge >= 0.3 is 0 Å². The van der Waals surface area contributed by atoms with Crippen molar-refractivity contribution in [2.24, 2.45) is 0 Å². The van der Waals surface area contributed by atoms with E-state index in [-0.39, 0.29) is 11.8 Å². The summed E-state index contributed by atoms with van der Waals surface area (Å²) >= 11 is 12.1. The quantitative estimate of drug-likeness (QED) is 0.655. The third kappa shape index (κ3) is 5.27. The lowest BCUT2D eigenvalue weighted by Gasteiger charge is -2.36. The zero-order valence-electron chi connectivity index (χ0n) is 17.4. The van der Waals surface area contributed by atoms with Crippen LogP contribution < -0.4 is 4.74 Å². The van der Waals surface area contributed by atoms with Gasteiger partial charge in [-0.15, -0.1) is 0 Å². The van der Waals surface area contributed by atoms with Gasteiger partial charge in [0.25, 0.3) is 11.8 Å². The lowest BCUT2D eigenvalue weighted by atomic mass is 10.0. The van der Waals surface area contributed by atoms with Crippen LogP contribution in [0.2, 0.25) is 10.0 Å². The second-order valence-corrected chi connectivity index (χ2v) is 8.57. The third-order valence-electron chi connectivity index (χ3n) is 5.24. The summed E-state index contributed by atoms with van der Waals surface area (Å²) in [6, 6.07) is 12.7. The van der Waals surface area contributed by atoms with E-state index in [2.05, 4.69) is 13.8 Å². The average molecular weight is 449 g/mol. The van der Waals surface area contributed by atoms with Crippen molar-refractivity contribution in [3.63, 3.8) is 0 Å². The Labute approximate surface area is 187 Å². The first-order chi connectivity index (χ1) is 14.3. The number of hydrogen-bond donors (Lipinski definition) is 0. The van der Waals surface area contributed by atoms with E-state index in [1.807, 2.05) is 24.3 Å². The number of amides is 2. The van der Waals surface area contributed by atoms with Crippen LogP contribution in [0.15, 0.2) is 42.5 Å². The van der Waals surface area contributed by atoms with E-state index in [1.165, 1.54) is 5.56 Å². The number of hydrogen-bond acceptors (Lipinski definition) is 3. The van der Waals surface area contributed by atoms with E-state index in [0.717, 1.165) is 0 Å². The normalized spacial score (nSPS) is 15.3. The fourth-order valence-corrected chi connectivity index (χ4v) is 3.78. The van der Waals surface area contributed by atoms with E-state index in [4.69, 9.17) is 27.9 Å². The standard InChI is InChI=1S/C23H26Cl2N2O3/c1-15(2)17-4-7-19(8-5-17)30-16(3)22(28)26-10-12-27(13-11-26)23(29)20-14-18(24)6-9-21(20)25/h4-9,14-16H,10-13H2,1-3H3. The molecule has 0 radical (unpaired) electrons. The van der Waals surface area contributed by atoms with Crippen LogP contribution in [0.3, 0.4) is 0 Å². The number of piperazine rings is 1. The molecular formula is C23H26Cl2N2O3. The molecule has 30 heavy (non-hydrogen) atoms. The summed E-state index contributed by atoms with van der Waals surface area (Å²) < 4.78 is 5.83. The van der Waals surface area contributed by atoms with E-state index in [0.29, 0.717) is 53.5 Å². The van der Waals surface area contributed by atoms with Crippen molar-refractivity contribution in [3.05, 3.63) is 63.6 Å². The molecule has 3 rings (SSSR count). The molecule has 1 aliphatic heterocycles. The van der Waals surface area contributed by atoms with Crippen LogP contribution >= 0.6 is 23.2 Å². The second kappa shape index (κ2) is 9.71. The molecule has 0 bridgehead atoms. The van der Waals surface area contributed by atoms with Crippen molar-refractivity contribution in [3.8, 4) is 5.75 Å². The predicted molar refractivity (Wildman–Crippen MR) is 120 cm³/mol. The number of ether oxygens (including phenoxy) is 1. The Morgan fingerprint density at radius 3 is 2.10 bits per heavy atom. The molecule has 1 unspecified atom stereocenters. The largest absolute Gasteiger partial charge is 0.481 e. The van der Waals surface area contributed by atoms with Gasteiger partial charge in [-0.3, -0.25) is 9.59 Å². The number of halogens is 2. The van der Waals surface area contributed by atoms with Crippen LogP contribution in [0, 0.1) is 0 Å². The van der Waals surface area contributed by atoms with Crippen LogP contribution in [0.25, 0.3) is 0 Å². The van der Waals surface area contributed by atoms with Crippen molar-refractivity contribution in [1.82, 2.24) is 9.80 Å². The summed E-state index contributed by atoms with van der Waals surface area (Å²) in [7, 11) is 0. The Balaban J connectivity index is 1.55. The number of nitrogens with zero attached hydrogens (tertiary/aromatic N) is 2. The lowest BCUT2D eigenvalue weighted by Crippen LogP contribution is -2.53. The average Bonchev–Trinajstić information content (AvgIpc) is 2.75. The van der Waals surface area contributed by atoms with Gasteiger partial charge in [0.1, 0.15) is 5.75 Å². The molecule has 7 heteroatoms. The molecule has 1 aliphatic rings. The predicted octanol–water partition coefficient (Wildman–Crippen LogP) is 4.87. The van der Waals surface area contributed by atoms with Crippen LogP contribution in [0.4, 0.5) is 0 Å². The molecule has 0 aliphatic carbocycles. The number of rotatable bonds is 5.